The molecule has 0 aliphatic carbocycles. The molecule has 1 aromatic carbocycles. The summed E-state index contributed by atoms with van der Waals surface area (Å²) in [5.41, 5.74) is 1.25. The fourth-order valence-corrected chi connectivity index (χ4v) is 2.33. The first-order chi connectivity index (χ1) is 11.1. The van der Waals surface area contributed by atoms with Crippen molar-refractivity contribution in [3.63, 3.8) is 0 Å². The first-order valence-corrected chi connectivity index (χ1v) is 7.09. The molecule has 6 heteroatoms. The minimum atomic E-state index is -0.476. The van der Waals surface area contributed by atoms with Crippen molar-refractivity contribution in [2.45, 2.75) is 6.04 Å². The molecular weight excluding hydrogens is 295 g/mol. The highest BCUT2D eigenvalue weighted by Crippen LogP contribution is 2.21. The summed E-state index contributed by atoms with van der Waals surface area (Å²) in [5.74, 6) is 0.0940. The Balaban J connectivity index is 1.94. The summed E-state index contributed by atoms with van der Waals surface area (Å²) in [6.07, 6.45) is 6.57. The van der Waals surface area contributed by atoms with E-state index in [1.807, 2.05) is 11.6 Å². The maximum absolute atomic E-state index is 13.2. The topological polar surface area (TPSA) is 59.8 Å². The van der Waals surface area contributed by atoms with E-state index >= 15 is 0 Å². The summed E-state index contributed by atoms with van der Waals surface area (Å²) in [5, 5.41) is 2.94. The average molecular weight is 310 g/mol. The Kier molecular flexibility index (Phi) is 4.14. The molecule has 0 fully saturated rings. The van der Waals surface area contributed by atoms with Gasteiger partial charge in [0.2, 0.25) is 0 Å². The van der Waals surface area contributed by atoms with Gasteiger partial charge in [-0.2, -0.15) is 0 Å². The van der Waals surface area contributed by atoms with Crippen molar-refractivity contribution in [3.8, 4) is 0 Å². The van der Waals surface area contributed by atoms with Gasteiger partial charge in [0.05, 0.1) is 0 Å². The minimum absolute atomic E-state index is 0.246. The monoisotopic (exact) mass is 310 g/mol. The van der Waals surface area contributed by atoms with Gasteiger partial charge in [-0.15, -0.1) is 0 Å². The van der Waals surface area contributed by atoms with Crippen molar-refractivity contribution >= 4 is 5.91 Å². The molecule has 1 atom stereocenters. The smallest absolute Gasteiger partial charge is 0.252 e. The van der Waals surface area contributed by atoms with E-state index in [1.54, 1.807) is 49.1 Å². The molecule has 0 saturated heterocycles. The summed E-state index contributed by atoms with van der Waals surface area (Å²) in [4.78, 5) is 20.7. The number of pyridine rings is 1. The zero-order chi connectivity index (χ0) is 16.2. The predicted octanol–water partition coefficient (Wildman–Crippen LogP) is 2.47. The maximum atomic E-state index is 13.2. The quantitative estimate of drug-likeness (QED) is 0.805. The number of aromatic nitrogens is 3. The number of benzene rings is 1. The lowest BCUT2D eigenvalue weighted by atomic mass is 10.1. The van der Waals surface area contributed by atoms with Gasteiger partial charge >= 0.3 is 0 Å². The largest absolute Gasteiger partial charge is 0.338 e. The fourth-order valence-electron chi connectivity index (χ4n) is 2.33. The second kappa shape index (κ2) is 6.39. The SMILES string of the molecule is Cn1ccnc1[C@H](NC(=O)c1ccncc1)c1ccc(F)cc1. The Morgan fingerprint density at radius 3 is 2.43 bits per heavy atom. The zero-order valence-corrected chi connectivity index (χ0v) is 12.5. The van der Waals surface area contributed by atoms with Gasteiger partial charge in [-0.3, -0.25) is 9.78 Å². The van der Waals surface area contributed by atoms with Crippen LogP contribution in [0.5, 0.6) is 0 Å². The molecule has 0 bridgehead atoms. The third-order valence-corrected chi connectivity index (χ3v) is 3.54. The lowest BCUT2D eigenvalue weighted by Gasteiger charge is -2.19. The number of halogens is 1. The third kappa shape index (κ3) is 3.26. The first-order valence-electron chi connectivity index (χ1n) is 7.09. The predicted molar refractivity (Wildman–Crippen MR) is 83.2 cm³/mol. The highest BCUT2D eigenvalue weighted by molar-refractivity contribution is 5.94. The van der Waals surface area contributed by atoms with Crippen LogP contribution in [0.3, 0.4) is 0 Å². The van der Waals surface area contributed by atoms with Crippen LogP contribution in [0.15, 0.2) is 61.2 Å². The van der Waals surface area contributed by atoms with E-state index in [1.165, 1.54) is 12.1 Å². The van der Waals surface area contributed by atoms with Crippen LogP contribution in [0.4, 0.5) is 4.39 Å². The summed E-state index contributed by atoms with van der Waals surface area (Å²) in [7, 11) is 1.84. The third-order valence-electron chi connectivity index (χ3n) is 3.54. The molecule has 1 N–H and O–H groups in total. The maximum Gasteiger partial charge on any atom is 0.252 e. The Morgan fingerprint density at radius 2 is 1.83 bits per heavy atom. The van der Waals surface area contributed by atoms with Gasteiger partial charge in [0.1, 0.15) is 17.7 Å². The molecule has 0 spiro atoms. The summed E-state index contributed by atoms with van der Waals surface area (Å²) in [6.45, 7) is 0. The average Bonchev–Trinajstić information content (AvgIpc) is 3.00. The van der Waals surface area contributed by atoms with E-state index in [4.69, 9.17) is 0 Å². The highest BCUT2D eigenvalue weighted by Gasteiger charge is 2.21. The zero-order valence-electron chi connectivity index (χ0n) is 12.5. The highest BCUT2D eigenvalue weighted by atomic mass is 19.1. The van der Waals surface area contributed by atoms with Gasteiger partial charge in [0.25, 0.3) is 5.91 Å². The van der Waals surface area contributed by atoms with Crippen LogP contribution in [-0.2, 0) is 7.05 Å². The molecule has 5 nitrogen and oxygen atoms in total. The fraction of sp³-hybridized carbons (Fsp3) is 0.118. The Bertz CT molecular complexity index is 799. The number of imidazole rings is 1. The molecule has 2 heterocycles. The number of aryl methyl sites for hydroxylation is 1. The summed E-state index contributed by atoms with van der Waals surface area (Å²) in [6, 6.07) is 8.80. The van der Waals surface area contributed by atoms with Gasteiger partial charge in [-0.1, -0.05) is 12.1 Å². The van der Waals surface area contributed by atoms with Crippen molar-refractivity contribution in [1.82, 2.24) is 19.9 Å². The molecule has 3 aromatic rings. The van der Waals surface area contributed by atoms with Crippen LogP contribution < -0.4 is 5.32 Å². The first kappa shape index (κ1) is 14.9. The number of rotatable bonds is 4. The van der Waals surface area contributed by atoms with E-state index in [2.05, 4.69) is 15.3 Å². The lowest BCUT2D eigenvalue weighted by Crippen LogP contribution is -2.31. The molecule has 0 radical (unpaired) electrons. The molecule has 0 aliphatic rings. The molecule has 2 aromatic heterocycles. The summed E-state index contributed by atoms with van der Waals surface area (Å²) >= 11 is 0. The number of nitrogens with zero attached hydrogens (tertiary/aromatic N) is 3. The Labute approximate surface area is 132 Å². The van der Waals surface area contributed by atoms with E-state index in [0.29, 0.717) is 11.4 Å². The molecule has 23 heavy (non-hydrogen) atoms. The van der Waals surface area contributed by atoms with Crippen LogP contribution in [0.25, 0.3) is 0 Å². The molecule has 0 aliphatic heterocycles. The van der Waals surface area contributed by atoms with E-state index < -0.39 is 6.04 Å². The van der Waals surface area contributed by atoms with Gasteiger partial charge in [-0.05, 0) is 29.8 Å². The lowest BCUT2D eigenvalue weighted by molar-refractivity contribution is 0.0941. The van der Waals surface area contributed by atoms with Crippen LogP contribution in [0.1, 0.15) is 27.8 Å². The van der Waals surface area contributed by atoms with E-state index in [0.717, 1.165) is 5.56 Å². The number of amides is 1. The molecule has 116 valence electrons. The van der Waals surface area contributed by atoms with Crippen molar-refractivity contribution < 1.29 is 9.18 Å². The van der Waals surface area contributed by atoms with Gasteiger partial charge in [-0.25, -0.2) is 9.37 Å². The van der Waals surface area contributed by atoms with Gasteiger partial charge < -0.3 is 9.88 Å². The van der Waals surface area contributed by atoms with E-state index in [9.17, 15) is 9.18 Å². The van der Waals surface area contributed by atoms with Crippen molar-refractivity contribution in [1.29, 1.82) is 0 Å². The standard InChI is InChI=1S/C17H15FN4O/c1-22-11-10-20-16(22)15(12-2-4-14(18)5-3-12)21-17(23)13-6-8-19-9-7-13/h2-11,15H,1H3,(H,21,23)/t15-/m1/s1. The number of hydrogen-bond donors (Lipinski definition) is 1. The van der Waals surface area contributed by atoms with E-state index in [-0.39, 0.29) is 11.7 Å². The van der Waals surface area contributed by atoms with Crippen LogP contribution in [0, 0.1) is 5.82 Å². The molecule has 0 unspecified atom stereocenters. The Hall–Kier alpha value is -3.02. The van der Waals surface area contributed by atoms with Gasteiger partial charge in [0.15, 0.2) is 0 Å². The molecular formula is C17H15FN4O. The normalized spacial score (nSPS) is 11.9. The van der Waals surface area contributed by atoms with Crippen LogP contribution >= 0.6 is 0 Å². The van der Waals surface area contributed by atoms with Crippen molar-refractivity contribution in [3.05, 3.63) is 84.0 Å². The number of hydrogen-bond acceptors (Lipinski definition) is 3. The van der Waals surface area contributed by atoms with Crippen molar-refractivity contribution in [2.75, 3.05) is 0 Å². The second-order valence-corrected chi connectivity index (χ2v) is 5.09. The number of carbonyl (C=O) groups excluding carboxylic acids is 1. The Morgan fingerprint density at radius 1 is 1.13 bits per heavy atom. The molecule has 1 amide bonds. The summed E-state index contributed by atoms with van der Waals surface area (Å²) < 4.78 is 15.0. The second-order valence-electron chi connectivity index (χ2n) is 5.09. The number of nitrogens with one attached hydrogen (secondary N) is 1. The molecule has 0 saturated carbocycles. The van der Waals surface area contributed by atoms with Crippen LogP contribution in [-0.4, -0.2) is 20.4 Å². The minimum Gasteiger partial charge on any atom is -0.338 e. The van der Waals surface area contributed by atoms with Gasteiger partial charge in [0, 0.05) is 37.4 Å². The van der Waals surface area contributed by atoms with Crippen molar-refractivity contribution in [2.24, 2.45) is 7.05 Å². The number of carbonyl (C=O) groups is 1. The van der Waals surface area contributed by atoms with Crippen LogP contribution in [0.2, 0.25) is 0 Å². The molecule has 3 rings (SSSR count).